The van der Waals surface area contributed by atoms with Gasteiger partial charge >= 0.3 is 0 Å². The summed E-state index contributed by atoms with van der Waals surface area (Å²) in [6.07, 6.45) is 0.820. The van der Waals surface area contributed by atoms with Gasteiger partial charge in [0.2, 0.25) is 0 Å². The molecule has 116 valence electrons. The third kappa shape index (κ3) is 4.27. The topological polar surface area (TPSA) is 79.7 Å². The number of benzene rings is 1. The molecule has 3 N–H and O–H groups in total. The van der Waals surface area contributed by atoms with E-state index in [1.165, 1.54) is 0 Å². The van der Waals surface area contributed by atoms with Crippen LogP contribution in [0.1, 0.15) is 15.9 Å². The number of aliphatic hydroxyl groups is 1. The van der Waals surface area contributed by atoms with Crippen molar-refractivity contribution in [1.82, 2.24) is 9.80 Å². The lowest BCUT2D eigenvalue weighted by molar-refractivity contribution is 0.112. The summed E-state index contributed by atoms with van der Waals surface area (Å²) < 4.78 is 0. The lowest BCUT2D eigenvalue weighted by atomic mass is 10.1. The smallest absolute Gasteiger partial charge is 0.150 e. The highest BCUT2D eigenvalue weighted by Gasteiger charge is 2.19. The first-order valence-electron chi connectivity index (χ1n) is 6.90. The van der Waals surface area contributed by atoms with Crippen LogP contribution in [0, 0.1) is 5.41 Å². The highest BCUT2D eigenvalue weighted by molar-refractivity contribution is 6.02. The Bertz CT molecular complexity index is 483. The van der Waals surface area contributed by atoms with Crippen LogP contribution in [0.5, 0.6) is 0 Å². The van der Waals surface area contributed by atoms with Crippen molar-refractivity contribution in [2.75, 3.05) is 52.7 Å². The van der Waals surface area contributed by atoms with Crippen molar-refractivity contribution >= 4 is 17.8 Å². The molecule has 0 aliphatic carbocycles. The molecule has 21 heavy (non-hydrogen) atoms. The molecular weight excluding hydrogens is 268 g/mol. The van der Waals surface area contributed by atoms with Gasteiger partial charge in [0, 0.05) is 57.2 Å². The van der Waals surface area contributed by atoms with E-state index in [-0.39, 0.29) is 0 Å². The van der Waals surface area contributed by atoms with E-state index in [1.807, 2.05) is 13.1 Å². The van der Waals surface area contributed by atoms with E-state index in [0.717, 1.165) is 50.8 Å². The number of rotatable bonds is 3. The lowest BCUT2D eigenvalue weighted by Gasteiger charge is -2.34. The Balaban J connectivity index is 0.00000106. The third-order valence-electron chi connectivity index (χ3n) is 3.52. The first-order chi connectivity index (χ1) is 10.2. The summed E-state index contributed by atoms with van der Waals surface area (Å²) in [5, 5.41) is 18.4. The van der Waals surface area contributed by atoms with Crippen LogP contribution in [-0.2, 0) is 0 Å². The number of anilines is 1. The standard InChI is InChI=1S/C14H20N4O.CH4O/c1-16-13-4-3-11(10-19)9-12(13)14(15)18-7-5-17(2)6-8-18;1-2/h3-4,9-10,15-16H,5-8H2,1-2H3;2H,1H3. The van der Waals surface area contributed by atoms with E-state index in [4.69, 9.17) is 10.5 Å². The van der Waals surface area contributed by atoms with Gasteiger partial charge in [0.1, 0.15) is 12.1 Å². The summed E-state index contributed by atoms with van der Waals surface area (Å²) in [6, 6.07) is 5.39. The number of carbonyl (C=O) groups is 1. The fourth-order valence-corrected chi connectivity index (χ4v) is 2.25. The second-order valence-corrected chi connectivity index (χ2v) is 4.81. The molecule has 0 radical (unpaired) electrons. The first-order valence-corrected chi connectivity index (χ1v) is 6.90. The van der Waals surface area contributed by atoms with Crippen molar-refractivity contribution in [3.05, 3.63) is 29.3 Å². The van der Waals surface area contributed by atoms with Gasteiger partial charge in [0.25, 0.3) is 0 Å². The van der Waals surface area contributed by atoms with Crippen LogP contribution < -0.4 is 5.32 Å². The van der Waals surface area contributed by atoms with Crippen molar-refractivity contribution < 1.29 is 9.90 Å². The van der Waals surface area contributed by atoms with Crippen molar-refractivity contribution in [2.45, 2.75) is 0 Å². The van der Waals surface area contributed by atoms with Gasteiger partial charge in [-0.25, -0.2) is 0 Å². The van der Waals surface area contributed by atoms with Crippen LogP contribution in [0.4, 0.5) is 5.69 Å². The molecule has 1 fully saturated rings. The Labute approximate surface area is 125 Å². The minimum Gasteiger partial charge on any atom is -0.400 e. The monoisotopic (exact) mass is 292 g/mol. The molecule has 6 heteroatoms. The molecule has 6 nitrogen and oxygen atoms in total. The number of carbonyl (C=O) groups excluding carboxylic acids is 1. The highest BCUT2D eigenvalue weighted by atomic mass is 16.2. The number of aliphatic hydroxyl groups excluding tert-OH is 1. The zero-order chi connectivity index (χ0) is 15.8. The Kier molecular flexibility index (Phi) is 6.84. The summed E-state index contributed by atoms with van der Waals surface area (Å²) in [6.45, 7) is 3.63. The Hall–Kier alpha value is -1.92. The minimum absolute atomic E-state index is 0.487. The predicted molar refractivity (Wildman–Crippen MR) is 85.4 cm³/mol. The molecule has 0 atom stereocenters. The maximum atomic E-state index is 10.9. The zero-order valence-corrected chi connectivity index (χ0v) is 12.9. The summed E-state index contributed by atoms with van der Waals surface area (Å²) in [5.74, 6) is 0.487. The number of hydrogen-bond acceptors (Lipinski definition) is 5. The lowest BCUT2D eigenvalue weighted by Crippen LogP contribution is -2.47. The SMILES string of the molecule is CNc1ccc(C=O)cc1C(=N)N1CCN(C)CC1.CO. The summed E-state index contributed by atoms with van der Waals surface area (Å²) >= 11 is 0. The normalized spacial score (nSPS) is 15.0. The molecule has 2 rings (SSSR count). The van der Waals surface area contributed by atoms with E-state index in [9.17, 15) is 4.79 Å². The van der Waals surface area contributed by atoms with Crippen LogP contribution in [0.15, 0.2) is 18.2 Å². The molecule has 1 aliphatic heterocycles. The van der Waals surface area contributed by atoms with E-state index in [0.29, 0.717) is 11.4 Å². The molecule has 0 amide bonds. The molecule has 0 spiro atoms. The number of hydrogen-bond donors (Lipinski definition) is 3. The van der Waals surface area contributed by atoms with Gasteiger partial charge < -0.3 is 20.2 Å². The van der Waals surface area contributed by atoms with Crippen LogP contribution in [-0.4, -0.2) is 74.4 Å². The van der Waals surface area contributed by atoms with Gasteiger partial charge in [-0.3, -0.25) is 10.2 Å². The van der Waals surface area contributed by atoms with Gasteiger partial charge in [0.05, 0.1) is 0 Å². The van der Waals surface area contributed by atoms with Gasteiger partial charge in [-0.05, 0) is 25.2 Å². The maximum absolute atomic E-state index is 10.9. The summed E-state index contributed by atoms with van der Waals surface area (Å²) in [5.41, 5.74) is 2.28. The Morgan fingerprint density at radius 1 is 1.29 bits per heavy atom. The second-order valence-electron chi connectivity index (χ2n) is 4.81. The molecule has 1 aromatic rings. The van der Waals surface area contributed by atoms with Crippen molar-refractivity contribution in [3.8, 4) is 0 Å². The Morgan fingerprint density at radius 3 is 2.43 bits per heavy atom. The largest absolute Gasteiger partial charge is 0.400 e. The van der Waals surface area contributed by atoms with Crippen molar-refractivity contribution in [1.29, 1.82) is 5.41 Å². The zero-order valence-electron chi connectivity index (χ0n) is 12.9. The van der Waals surface area contributed by atoms with Gasteiger partial charge in [0.15, 0.2) is 0 Å². The fraction of sp³-hybridized carbons (Fsp3) is 0.467. The maximum Gasteiger partial charge on any atom is 0.150 e. The van der Waals surface area contributed by atoms with Crippen molar-refractivity contribution in [2.24, 2.45) is 0 Å². The average Bonchev–Trinajstić information content (AvgIpc) is 2.56. The third-order valence-corrected chi connectivity index (χ3v) is 3.52. The van der Waals surface area contributed by atoms with Gasteiger partial charge in [-0.2, -0.15) is 0 Å². The van der Waals surface area contributed by atoms with Gasteiger partial charge in [-0.15, -0.1) is 0 Å². The molecule has 1 heterocycles. The number of amidine groups is 1. The van der Waals surface area contributed by atoms with Crippen LogP contribution in [0.25, 0.3) is 0 Å². The first kappa shape index (κ1) is 17.1. The molecule has 0 unspecified atom stereocenters. The molecule has 0 saturated carbocycles. The number of nitrogens with zero attached hydrogens (tertiary/aromatic N) is 2. The van der Waals surface area contributed by atoms with Crippen LogP contribution >= 0.6 is 0 Å². The van der Waals surface area contributed by atoms with Crippen LogP contribution in [0.3, 0.4) is 0 Å². The van der Waals surface area contributed by atoms with E-state index in [1.54, 1.807) is 12.1 Å². The summed E-state index contributed by atoms with van der Waals surface area (Å²) in [7, 11) is 4.92. The average molecular weight is 292 g/mol. The van der Waals surface area contributed by atoms with E-state index >= 15 is 0 Å². The predicted octanol–water partition coefficient (Wildman–Crippen LogP) is 0.722. The quantitative estimate of drug-likeness (QED) is 0.435. The number of likely N-dealkylation sites (N-methyl/N-ethyl adjacent to an activating group) is 1. The number of nitrogens with one attached hydrogen (secondary N) is 2. The van der Waals surface area contributed by atoms with Crippen molar-refractivity contribution in [3.63, 3.8) is 0 Å². The molecule has 1 aliphatic rings. The minimum atomic E-state index is 0.487. The van der Waals surface area contributed by atoms with Gasteiger partial charge in [-0.1, -0.05) is 0 Å². The molecule has 1 saturated heterocycles. The fourth-order valence-electron chi connectivity index (χ4n) is 2.25. The molecule has 0 bridgehead atoms. The van der Waals surface area contributed by atoms with Crippen LogP contribution in [0.2, 0.25) is 0 Å². The highest BCUT2D eigenvalue weighted by Crippen LogP contribution is 2.19. The molecule has 1 aromatic carbocycles. The molecule has 0 aromatic heterocycles. The summed E-state index contributed by atoms with van der Waals surface area (Å²) in [4.78, 5) is 15.2. The van der Waals surface area contributed by atoms with E-state index in [2.05, 4.69) is 22.2 Å². The number of piperazine rings is 1. The number of aldehydes is 1. The van der Waals surface area contributed by atoms with E-state index < -0.39 is 0 Å². The Morgan fingerprint density at radius 2 is 1.90 bits per heavy atom. The second kappa shape index (κ2) is 8.39. The molecular formula is C15H24N4O2.